The molecular weight excluding hydrogens is 392 g/mol. The highest BCUT2D eigenvalue weighted by Crippen LogP contribution is 2.42. The lowest BCUT2D eigenvalue weighted by molar-refractivity contribution is 0.175. The standard InChI is InChI=1S/C22H32N2O2S.ClH/c1-21(2,3)16-9-14(10-17(20(16)26)22(4,5)6)18-13-27-19(23-18)12-24-8-7-15(25)11-24;/h9-10,13,15,25-26H,7-8,11-12H2,1-6H3;1H/t15-;/m1./s1. The zero-order valence-corrected chi connectivity index (χ0v) is 19.4. The molecule has 4 nitrogen and oxygen atoms in total. The van der Waals surface area contributed by atoms with Crippen LogP contribution in [0.25, 0.3) is 11.3 Å². The molecule has 0 spiro atoms. The Morgan fingerprint density at radius 2 is 1.68 bits per heavy atom. The predicted molar refractivity (Wildman–Crippen MR) is 120 cm³/mol. The quantitative estimate of drug-likeness (QED) is 0.719. The topological polar surface area (TPSA) is 56.6 Å². The number of hydrogen-bond acceptors (Lipinski definition) is 5. The van der Waals surface area contributed by atoms with E-state index in [1.807, 2.05) is 0 Å². The molecule has 0 bridgehead atoms. The molecule has 0 amide bonds. The van der Waals surface area contributed by atoms with E-state index >= 15 is 0 Å². The summed E-state index contributed by atoms with van der Waals surface area (Å²) >= 11 is 1.67. The highest BCUT2D eigenvalue weighted by molar-refractivity contribution is 7.09. The van der Waals surface area contributed by atoms with Gasteiger partial charge in [0.05, 0.1) is 18.3 Å². The van der Waals surface area contributed by atoms with Crippen LogP contribution in [0.2, 0.25) is 0 Å². The summed E-state index contributed by atoms with van der Waals surface area (Å²) < 4.78 is 0. The first-order valence-corrected chi connectivity index (χ1v) is 10.6. The Morgan fingerprint density at radius 1 is 1.11 bits per heavy atom. The summed E-state index contributed by atoms with van der Waals surface area (Å²) in [6.07, 6.45) is 0.644. The Morgan fingerprint density at radius 3 is 2.14 bits per heavy atom. The van der Waals surface area contributed by atoms with Crippen molar-refractivity contribution < 1.29 is 10.2 Å². The van der Waals surface area contributed by atoms with E-state index in [4.69, 9.17) is 4.98 Å². The SMILES string of the molecule is CC(C)(C)c1cc(-c2csc(CN3CC[C@@H](O)C3)n2)cc(C(C)(C)C)c1O.Cl. The van der Waals surface area contributed by atoms with Gasteiger partial charge in [-0.15, -0.1) is 23.7 Å². The second-order valence-corrected chi connectivity index (χ2v) is 10.7. The van der Waals surface area contributed by atoms with Crippen LogP contribution in [0.1, 0.15) is 64.1 Å². The number of aromatic nitrogens is 1. The molecule has 2 aromatic rings. The average Bonchev–Trinajstić information content (AvgIpc) is 3.15. The Hall–Kier alpha value is -1.14. The maximum atomic E-state index is 10.9. The first kappa shape index (κ1) is 23.1. The van der Waals surface area contributed by atoms with Crippen LogP contribution in [0.5, 0.6) is 5.75 Å². The normalized spacial score (nSPS) is 18.3. The minimum atomic E-state index is -0.204. The molecule has 1 aromatic heterocycles. The Labute approximate surface area is 179 Å². The molecule has 1 fully saturated rings. The van der Waals surface area contributed by atoms with E-state index < -0.39 is 0 Å². The third-order valence-electron chi connectivity index (χ3n) is 5.18. The van der Waals surface area contributed by atoms with Crippen LogP contribution in [0, 0.1) is 0 Å². The van der Waals surface area contributed by atoms with E-state index in [2.05, 4.69) is 64.0 Å². The Kier molecular flexibility index (Phi) is 6.87. The van der Waals surface area contributed by atoms with Gasteiger partial charge in [-0.3, -0.25) is 4.90 Å². The lowest BCUT2D eigenvalue weighted by atomic mass is 9.78. The predicted octanol–water partition coefficient (Wildman–Crippen LogP) is 5.10. The fourth-order valence-corrected chi connectivity index (χ4v) is 4.43. The zero-order valence-electron chi connectivity index (χ0n) is 17.7. The molecule has 2 N–H and O–H groups in total. The van der Waals surface area contributed by atoms with Crippen molar-refractivity contribution in [2.24, 2.45) is 0 Å². The number of rotatable bonds is 3. The number of benzene rings is 1. The van der Waals surface area contributed by atoms with Crippen LogP contribution < -0.4 is 0 Å². The van der Waals surface area contributed by atoms with Gasteiger partial charge in [0.2, 0.25) is 0 Å². The molecule has 0 unspecified atom stereocenters. The van der Waals surface area contributed by atoms with Gasteiger partial charge in [0, 0.05) is 35.2 Å². The summed E-state index contributed by atoms with van der Waals surface area (Å²) in [6.45, 7) is 15.2. The average molecular weight is 425 g/mol. The summed E-state index contributed by atoms with van der Waals surface area (Å²) in [7, 11) is 0. The van der Waals surface area contributed by atoms with Gasteiger partial charge in [-0.05, 0) is 29.4 Å². The molecule has 3 rings (SSSR count). The molecule has 1 saturated heterocycles. The van der Waals surface area contributed by atoms with Crippen LogP contribution in [0.3, 0.4) is 0 Å². The van der Waals surface area contributed by atoms with Crippen molar-refractivity contribution in [1.82, 2.24) is 9.88 Å². The van der Waals surface area contributed by atoms with Crippen molar-refractivity contribution in [2.75, 3.05) is 13.1 Å². The van der Waals surface area contributed by atoms with Crippen molar-refractivity contribution in [2.45, 2.75) is 71.4 Å². The maximum absolute atomic E-state index is 10.9. The molecule has 1 aromatic carbocycles. The van der Waals surface area contributed by atoms with Crippen molar-refractivity contribution in [3.05, 3.63) is 33.6 Å². The largest absolute Gasteiger partial charge is 0.507 e. The van der Waals surface area contributed by atoms with Crippen LogP contribution in [-0.2, 0) is 17.4 Å². The summed E-state index contributed by atoms with van der Waals surface area (Å²) in [6, 6.07) is 4.17. The van der Waals surface area contributed by atoms with Crippen LogP contribution in [0.4, 0.5) is 0 Å². The van der Waals surface area contributed by atoms with E-state index in [-0.39, 0.29) is 29.3 Å². The number of likely N-dealkylation sites (tertiary alicyclic amines) is 1. The van der Waals surface area contributed by atoms with Crippen LogP contribution >= 0.6 is 23.7 Å². The number of hydrogen-bond donors (Lipinski definition) is 2. The van der Waals surface area contributed by atoms with Crippen molar-refractivity contribution in [3.63, 3.8) is 0 Å². The van der Waals surface area contributed by atoms with Crippen molar-refractivity contribution in [3.8, 4) is 17.0 Å². The van der Waals surface area contributed by atoms with Gasteiger partial charge >= 0.3 is 0 Å². The molecule has 1 aliphatic rings. The van der Waals surface area contributed by atoms with Crippen molar-refractivity contribution >= 4 is 23.7 Å². The second-order valence-electron chi connectivity index (χ2n) is 9.72. The minimum absolute atomic E-state index is 0. The van der Waals surface area contributed by atoms with E-state index in [9.17, 15) is 10.2 Å². The number of phenols is 1. The number of phenolic OH excluding ortho intramolecular Hbond substituents is 1. The highest BCUT2D eigenvalue weighted by atomic mass is 35.5. The first-order chi connectivity index (χ1) is 12.4. The highest BCUT2D eigenvalue weighted by Gasteiger charge is 2.27. The molecule has 6 heteroatoms. The molecule has 0 saturated carbocycles. The van der Waals surface area contributed by atoms with Gasteiger partial charge in [-0.25, -0.2) is 4.98 Å². The summed E-state index contributed by atoms with van der Waals surface area (Å²) in [5.41, 5.74) is 3.65. The van der Waals surface area contributed by atoms with Crippen molar-refractivity contribution in [1.29, 1.82) is 0 Å². The summed E-state index contributed by atoms with van der Waals surface area (Å²) in [5.74, 6) is 0.403. The number of halogens is 1. The van der Waals surface area contributed by atoms with Crippen LogP contribution in [0.15, 0.2) is 17.5 Å². The maximum Gasteiger partial charge on any atom is 0.123 e. The van der Waals surface area contributed by atoms with Gasteiger partial charge in [0.25, 0.3) is 0 Å². The molecule has 2 heterocycles. The Bertz CT molecular complexity index is 786. The number of thiazole rings is 1. The third-order valence-corrected chi connectivity index (χ3v) is 6.01. The smallest absolute Gasteiger partial charge is 0.123 e. The number of nitrogens with zero attached hydrogens (tertiary/aromatic N) is 2. The van der Waals surface area contributed by atoms with Gasteiger partial charge in [0.15, 0.2) is 0 Å². The molecule has 0 aliphatic carbocycles. The number of aromatic hydroxyl groups is 1. The first-order valence-electron chi connectivity index (χ1n) is 9.68. The number of aliphatic hydroxyl groups excluding tert-OH is 1. The third kappa shape index (κ3) is 5.07. The number of β-amino-alcohol motifs (C(OH)–C–C–N with tert-alkyl or cyclic N) is 1. The zero-order chi connectivity index (χ0) is 20.0. The molecule has 1 atom stereocenters. The van der Waals surface area contributed by atoms with Gasteiger partial charge in [0.1, 0.15) is 10.8 Å². The summed E-state index contributed by atoms with van der Waals surface area (Å²) in [5, 5.41) is 23.8. The molecule has 1 aliphatic heterocycles. The van der Waals surface area contributed by atoms with Crippen LogP contribution in [-0.4, -0.2) is 39.3 Å². The van der Waals surface area contributed by atoms with E-state index in [1.54, 1.807) is 11.3 Å². The second kappa shape index (κ2) is 8.31. The van der Waals surface area contributed by atoms with E-state index in [0.717, 1.165) is 53.4 Å². The monoisotopic (exact) mass is 424 g/mol. The lowest BCUT2D eigenvalue weighted by Crippen LogP contribution is -2.21. The number of aliphatic hydroxyl groups is 1. The van der Waals surface area contributed by atoms with Gasteiger partial charge in [-0.2, -0.15) is 0 Å². The van der Waals surface area contributed by atoms with Gasteiger partial charge < -0.3 is 10.2 Å². The minimum Gasteiger partial charge on any atom is -0.507 e. The molecule has 0 radical (unpaired) electrons. The van der Waals surface area contributed by atoms with Gasteiger partial charge in [-0.1, -0.05) is 41.5 Å². The molecule has 28 heavy (non-hydrogen) atoms. The lowest BCUT2D eigenvalue weighted by Gasteiger charge is -2.28. The Balaban J connectivity index is 0.00000280. The fourth-order valence-electron chi connectivity index (χ4n) is 3.59. The molecular formula is C22H33ClN2O2S. The molecule has 156 valence electrons. The van der Waals surface area contributed by atoms with E-state index in [1.165, 1.54) is 0 Å². The summed E-state index contributed by atoms with van der Waals surface area (Å²) in [4.78, 5) is 7.11. The fraction of sp³-hybridized carbons (Fsp3) is 0.591. The van der Waals surface area contributed by atoms with E-state index in [0.29, 0.717) is 5.75 Å².